The molecule has 0 aromatic heterocycles. The third kappa shape index (κ3) is 3.45. The molecule has 2 aliphatic rings. The van der Waals surface area contributed by atoms with Crippen LogP contribution in [0.4, 0.5) is 5.69 Å². The summed E-state index contributed by atoms with van der Waals surface area (Å²) in [5.41, 5.74) is 1.07. The number of benzene rings is 2. The van der Waals surface area contributed by atoms with Gasteiger partial charge in [-0.25, -0.2) is 0 Å². The third-order valence-electron chi connectivity index (χ3n) is 5.98. The summed E-state index contributed by atoms with van der Waals surface area (Å²) in [7, 11) is 0. The van der Waals surface area contributed by atoms with Crippen molar-refractivity contribution in [3.05, 3.63) is 65.7 Å². The van der Waals surface area contributed by atoms with Crippen LogP contribution in [0.1, 0.15) is 48.2 Å². The van der Waals surface area contributed by atoms with Crippen LogP contribution in [0.3, 0.4) is 0 Å². The lowest BCUT2D eigenvalue weighted by Gasteiger charge is -2.48. The maximum absolute atomic E-state index is 13.2. The highest BCUT2D eigenvalue weighted by Gasteiger charge is 2.52. The molecule has 0 bridgehead atoms. The van der Waals surface area contributed by atoms with Crippen LogP contribution in [0.15, 0.2) is 54.6 Å². The molecule has 156 valence electrons. The van der Waals surface area contributed by atoms with Gasteiger partial charge in [-0.2, -0.15) is 0 Å². The summed E-state index contributed by atoms with van der Waals surface area (Å²) in [6, 6.07) is 16.2. The summed E-state index contributed by atoms with van der Waals surface area (Å²) in [6.07, 6.45) is 0.191. The van der Waals surface area contributed by atoms with Gasteiger partial charge in [-0.1, -0.05) is 42.5 Å². The Hall–Kier alpha value is -3.19. The Morgan fingerprint density at radius 2 is 1.83 bits per heavy atom. The van der Waals surface area contributed by atoms with E-state index < -0.39 is 11.8 Å². The van der Waals surface area contributed by atoms with Crippen LogP contribution in [0.5, 0.6) is 0 Å². The molecule has 2 atom stereocenters. The second kappa shape index (κ2) is 7.91. The van der Waals surface area contributed by atoms with E-state index in [1.54, 1.807) is 40.1 Å². The maximum atomic E-state index is 13.2. The number of rotatable bonds is 6. The van der Waals surface area contributed by atoms with Crippen molar-refractivity contribution < 1.29 is 19.5 Å². The van der Waals surface area contributed by atoms with Gasteiger partial charge < -0.3 is 15.3 Å². The number of para-hydroxylation sites is 1. The van der Waals surface area contributed by atoms with Gasteiger partial charge in [0.05, 0.1) is 17.4 Å². The molecular formula is C23H25N3O4. The number of carbonyl (C=O) groups is 3. The van der Waals surface area contributed by atoms with Gasteiger partial charge in [0.2, 0.25) is 11.8 Å². The second-order valence-electron chi connectivity index (χ2n) is 7.90. The van der Waals surface area contributed by atoms with Gasteiger partial charge in [0.25, 0.3) is 5.91 Å². The van der Waals surface area contributed by atoms with Crippen LogP contribution in [-0.4, -0.2) is 46.5 Å². The minimum Gasteiger partial charge on any atom is -0.387 e. The minimum absolute atomic E-state index is 0.0158. The van der Waals surface area contributed by atoms with Gasteiger partial charge >= 0.3 is 0 Å². The third-order valence-corrected chi connectivity index (χ3v) is 5.98. The van der Waals surface area contributed by atoms with Crippen molar-refractivity contribution in [3.8, 4) is 0 Å². The van der Waals surface area contributed by atoms with Crippen molar-refractivity contribution in [2.24, 2.45) is 0 Å². The average molecular weight is 407 g/mol. The van der Waals surface area contributed by atoms with E-state index in [-0.39, 0.29) is 37.2 Å². The number of anilines is 1. The zero-order chi connectivity index (χ0) is 21.3. The number of aliphatic hydroxyl groups is 1. The number of hydrogen-bond acceptors (Lipinski definition) is 4. The first kappa shape index (κ1) is 20.1. The summed E-state index contributed by atoms with van der Waals surface area (Å²) >= 11 is 0. The van der Waals surface area contributed by atoms with Crippen molar-refractivity contribution in [2.75, 3.05) is 18.0 Å². The molecule has 4 rings (SSSR count). The van der Waals surface area contributed by atoms with E-state index in [1.165, 1.54) is 0 Å². The summed E-state index contributed by atoms with van der Waals surface area (Å²) < 4.78 is 0. The molecule has 0 radical (unpaired) electrons. The number of amides is 3. The van der Waals surface area contributed by atoms with Crippen molar-refractivity contribution in [1.29, 1.82) is 0 Å². The monoisotopic (exact) mass is 407 g/mol. The molecule has 0 aliphatic carbocycles. The van der Waals surface area contributed by atoms with Crippen LogP contribution < -0.4 is 10.2 Å². The Morgan fingerprint density at radius 1 is 1.13 bits per heavy atom. The highest BCUT2D eigenvalue weighted by molar-refractivity contribution is 6.10. The fourth-order valence-electron chi connectivity index (χ4n) is 4.35. The second-order valence-corrected chi connectivity index (χ2v) is 7.90. The molecule has 7 nitrogen and oxygen atoms in total. The predicted molar refractivity (Wildman–Crippen MR) is 112 cm³/mol. The first-order valence-electron chi connectivity index (χ1n) is 10.2. The molecule has 0 saturated carbocycles. The summed E-state index contributed by atoms with van der Waals surface area (Å²) in [4.78, 5) is 41.4. The fraction of sp³-hybridized carbons (Fsp3) is 0.348. The molecule has 2 heterocycles. The standard InChI is InChI=1S/C23H25N3O4/c1-23-13-11-21(29)26(23)18-10-6-5-9-17(18)22(30)25(23)14-12-20(28)24-15-19(27)16-7-3-2-4-8-16/h2-10,19,27H,11-15H2,1H3,(H,24,28). The Labute approximate surface area is 175 Å². The largest absolute Gasteiger partial charge is 0.387 e. The molecule has 1 fully saturated rings. The van der Waals surface area contributed by atoms with E-state index in [4.69, 9.17) is 0 Å². The van der Waals surface area contributed by atoms with Gasteiger partial charge in [-0.05, 0) is 31.0 Å². The Balaban J connectivity index is 1.43. The number of carbonyl (C=O) groups excluding carboxylic acids is 3. The quantitative estimate of drug-likeness (QED) is 0.768. The fourth-order valence-corrected chi connectivity index (χ4v) is 4.35. The van der Waals surface area contributed by atoms with Crippen LogP contribution in [-0.2, 0) is 9.59 Å². The maximum Gasteiger partial charge on any atom is 0.257 e. The minimum atomic E-state index is -0.792. The summed E-state index contributed by atoms with van der Waals surface area (Å²) in [6.45, 7) is 2.17. The first-order valence-corrected chi connectivity index (χ1v) is 10.2. The van der Waals surface area contributed by atoms with Gasteiger partial charge in [-0.15, -0.1) is 0 Å². The summed E-state index contributed by atoms with van der Waals surface area (Å²) in [5.74, 6) is -0.440. The van der Waals surface area contributed by atoms with Crippen LogP contribution in [0.25, 0.3) is 0 Å². The van der Waals surface area contributed by atoms with E-state index in [0.717, 1.165) is 5.56 Å². The van der Waals surface area contributed by atoms with E-state index in [9.17, 15) is 19.5 Å². The first-order chi connectivity index (χ1) is 14.4. The van der Waals surface area contributed by atoms with Crippen molar-refractivity contribution in [1.82, 2.24) is 10.2 Å². The lowest BCUT2D eigenvalue weighted by Crippen LogP contribution is -2.62. The molecule has 2 aliphatic heterocycles. The number of fused-ring (bicyclic) bond motifs is 3. The summed E-state index contributed by atoms with van der Waals surface area (Å²) in [5, 5.41) is 12.9. The molecule has 7 heteroatoms. The van der Waals surface area contributed by atoms with Gasteiger partial charge in [0.15, 0.2) is 0 Å². The predicted octanol–water partition coefficient (Wildman–Crippen LogP) is 2.23. The molecule has 30 heavy (non-hydrogen) atoms. The number of hydrogen-bond donors (Lipinski definition) is 2. The van der Waals surface area contributed by atoms with Gasteiger partial charge in [0.1, 0.15) is 5.66 Å². The molecule has 2 N–H and O–H groups in total. The smallest absolute Gasteiger partial charge is 0.257 e. The zero-order valence-electron chi connectivity index (χ0n) is 16.9. The van der Waals surface area contributed by atoms with Crippen LogP contribution >= 0.6 is 0 Å². The van der Waals surface area contributed by atoms with E-state index in [0.29, 0.717) is 24.1 Å². The zero-order valence-corrected chi connectivity index (χ0v) is 16.9. The highest BCUT2D eigenvalue weighted by atomic mass is 16.3. The lowest BCUT2D eigenvalue weighted by molar-refractivity contribution is -0.122. The van der Waals surface area contributed by atoms with Crippen molar-refractivity contribution in [3.63, 3.8) is 0 Å². The molecule has 0 spiro atoms. The van der Waals surface area contributed by atoms with Crippen LogP contribution in [0, 0.1) is 0 Å². The molecule has 2 aromatic rings. The Bertz CT molecular complexity index is 977. The van der Waals surface area contributed by atoms with E-state index >= 15 is 0 Å². The average Bonchev–Trinajstić information content (AvgIpc) is 3.07. The normalized spacial score (nSPS) is 21.3. The SMILES string of the molecule is CC12CCC(=O)N1c1ccccc1C(=O)N2CCC(=O)NCC(O)c1ccccc1. The van der Waals surface area contributed by atoms with E-state index in [2.05, 4.69) is 5.32 Å². The number of aliphatic hydroxyl groups excluding tert-OH is 1. The van der Waals surface area contributed by atoms with Gasteiger partial charge in [0, 0.05) is 25.9 Å². The van der Waals surface area contributed by atoms with Crippen molar-refractivity contribution in [2.45, 2.75) is 38.0 Å². The van der Waals surface area contributed by atoms with Crippen molar-refractivity contribution >= 4 is 23.4 Å². The lowest BCUT2D eigenvalue weighted by atomic mass is 9.98. The molecule has 3 amide bonds. The molecule has 1 saturated heterocycles. The molecule has 2 unspecified atom stereocenters. The molecule has 2 aromatic carbocycles. The highest BCUT2D eigenvalue weighted by Crippen LogP contribution is 2.43. The van der Waals surface area contributed by atoms with E-state index in [1.807, 2.05) is 31.2 Å². The Kier molecular flexibility index (Phi) is 5.30. The number of nitrogens with one attached hydrogen (secondary N) is 1. The van der Waals surface area contributed by atoms with Crippen LogP contribution in [0.2, 0.25) is 0 Å². The Morgan fingerprint density at radius 3 is 2.60 bits per heavy atom. The topological polar surface area (TPSA) is 90.0 Å². The number of nitrogens with zero attached hydrogens (tertiary/aromatic N) is 2. The van der Waals surface area contributed by atoms with Gasteiger partial charge in [-0.3, -0.25) is 19.3 Å². The molecular weight excluding hydrogens is 382 g/mol.